The molecule has 0 bridgehead atoms. The Bertz CT molecular complexity index is 521. The van der Waals surface area contributed by atoms with Gasteiger partial charge >= 0.3 is 0 Å². The third-order valence-corrected chi connectivity index (χ3v) is 2.96. The molecule has 7 heteroatoms. The quantitative estimate of drug-likeness (QED) is 0.539. The van der Waals surface area contributed by atoms with Gasteiger partial charge in [0.1, 0.15) is 0 Å². The number of hydrogen-bond donors (Lipinski definition) is 3. The Kier molecular flexibility index (Phi) is 5.94. The van der Waals surface area contributed by atoms with Crippen LogP contribution in [-0.2, 0) is 11.3 Å². The molecule has 0 amide bonds. The number of ether oxygens (including phenoxy) is 1. The number of aliphatic hydroxyl groups is 1. The fraction of sp³-hybridized carbons (Fsp3) is 0.667. The lowest BCUT2D eigenvalue weighted by Gasteiger charge is -2.14. The van der Waals surface area contributed by atoms with Gasteiger partial charge in [-0.3, -0.25) is 14.7 Å². The van der Waals surface area contributed by atoms with Gasteiger partial charge in [-0.15, -0.1) is 0 Å². The minimum absolute atomic E-state index is 0.0508. The summed E-state index contributed by atoms with van der Waals surface area (Å²) in [4.78, 5) is 23.5. The zero-order chi connectivity index (χ0) is 14.4. The zero-order valence-corrected chi connectivity index (χ0v) is 11.5. The summed E-state index contributed by atoms with van der Waals surface area (Å²) in [5, 5.41) is 15.2. The number of aromatic amines is 1. The zero-order valence-electron chi connectivity index (χ0n) is 11.5. The van der Waals surface area contributed by atoms with Crippen molar-refractivity contribution >= 4 is 0 Å². The molecule has 1 aromatic heterocycles. The monoisotopic (exact) mass is 271 g/mol. The van der Waals surface area contributed by atoms with Gasteiger partial charge in [-0.05, 0) is 13.8 Å². The maximum absolute atomic E-state index is 11.9. The molecule has 1 rings (SSSR count). The minimum Gasteiger partial charge on any atom is -0.390 e. The van der Waals surface area contributed by atoms with Gasteiger partial charge in [0.2, 0.25) is 0 Å². The molecule has 108 valence electrons. The van der Waals surface area contributed by atoms with Crippen LogP contribution in [0.2, 0.25) is 0 Å². The minimum atomic E-state index is -0.757. The summed E-state index contributed by atoms with van der Waals surface area (Å²) in [6, 6.07) is 0. The van der Waals surface area contributed by atoms with Crippen LogP contribution in [0.1, 0.15) is 11.1 Å². The summed E-state index contributed by atoms with van der Waals surface area (Å²) in [7, 11) is 1.59. The fourth-order valence-corrected chi connectivity index (χ4v) is 1.64. The molecule has 1 heterocycles. The summed E-state index contributed by atoms with van der Waals surface area (Å²) in [6.07, 6.45) is -0.757. The largest absolute Gasteiger partial charge is 0.390 e. The van der Waals surface area contributed by atoms with E-state index in [1.165, 1.54) is 0 Å². The van der Waals surface area contributed by atoms with Crippen LogP contribution >= 0.6 is 0 Å². The van der Waals surface area contributed by atoms with Crippen molar-refractivity contribution in [2.45, 2.75) is 26.5 Å². The average molecular weight is 271 g/mol. The molecule has 1 unspecified atom stereocenters. The van der Waals surface area contributed by atoms with Crippen LogP contribution in [0, 0.1) is 13.8 Å². The molecular formula is C12H21N3O4. The van der Waals surface area contributed by atoms with Crippen LogP contribution in [0.15, 0.2) is 9.59 Å². The Morgan fingerprint density at radius 1 is 1.37 bits per heavy atom. The molecule has 0 radical (unpaired) electrons. The number of nitrogens with one attached hydrogen (secondary N) is 2. The maximum Gasteiger partial charge on any atom is 0.268 e. The molecule has 1 aromatic rings. The van der Waals surface area contributed by atoms with Crippen molar-refractivity contribution < 1.29 is 9.84 Å². The number of methoxy groups -OCH3 is 1. The molecule has 0 aliphatic heterocycles. The van der Waals surface area contributed by atoms with Crippen LogP contribution in [0.4, 0.5) is 0 Å². The molecule has 19 heavy (non-hydrogen) atoms. The van der Waals surface area contributed by atoms with Gasteiger partial charge in [-0.25, -0.2) is 4.68 Å². The lowest BCUT2D eigenvalue weighted by molar-refractivity contribution is 0.138. The number of hydrogen-bond acceptors (Lipinski definition) is 5. The third-order valence-electron chi connectivity index (χ3n) is 2.96. The first-order valence-electron chi connectivity index (χ1n) is 6.15. The lowest BCUT2D eigenvalue weighted by Crippen LogP contribution is -2.39. The van der Waals surface area contributed by atoms with E-state index in [1.54, 1.807) is 21.0 Å². The van der Waals surface area contributed by atoms with Gasteiger partial charge in [0.05, 0.1) is 19.3 Å². The van der Waals surface area contributed by atoms with Gasteiger partial charge in [0.25, 0.3) is 11.1 Å². The molecule has 7 nitrogen and oxygen atoms in total. The highest BCUT2D eigenvalue weighted by atomic mass is 16.5. The second-order valence-electron chi connectivity index (χ2n) is 4.46. The normalized spacial score (nSPS) is 12.6. The van der Waals surface area contributed by atoms with Crippen molar-refractivity contribution in [2.24, 2.45) is 0 Å². The lowest BCUT2D eigenvalue weighted by atomic mass is 10.2. The number of H-pyrrole nitrogens is 1. The number of aromatic nitrogens is 2. The van der Waals surface area contributed by atoms with E-state index in [0.29, 0.717) is 30.8 Å². The summed E-state index contributed by atoms with van der Waals surface area (Å²) in [5.74, 6) is 0. The van der Waals surface area contributed by atoms with Crippen LogP contribution in [0.5, 0.6) is 0 Å². The molecule has 0 aliphatic rings. The van der Waals surface area contributed by atoms with Gasteiger partial charge in [0.15, 0.2) is 0 Å². The average Bonchev–Trinajstić information content (AvgIpc) is 2.38. The van der Waals surface area contributed by atoms with Crippen molar-refractivity contribution in [1.29, 1.82) is 0 Å². The predicted molar refractivity (Wildman–Crippen MR) is 71.5 cm³/mol. The van der Waals surface area contributed by atoms with Crippen LogP contribution in [-0.4, -0.2) is 47.8 Å². The van der Waals surface area contributed by atoms with Gasteiger partial charge in [-0.1, -0.05) is 0 Å². The highest BCUT2D eigenvalue weighted by Crippen LogP contribution is 1.92. The molecule has 0 spiro atoms. The standard InChI is InChI=1S/C12H21N3O4/c1-8-9(2)12(18)15(14-11(8)17)7-10(16)6-13-4-5-19-3/h10,13,16H,4-7H2,1-3H3,(H,14,17). The Hall–Kier alpha value is -1.44. The molecular weight excluding hydrogens is 250 g/mol. The Balaban J connectivity index is 2.67. The Morgan fingerprint density at radius 3 is 2.68 bits per heavy atom. The molecule has 1 atom stereocenters. The molecule has 0 aliphatic carbocycles. The van der Waals surface area contributed by atoms with Crippen LogP contribution in [0.25, 0.3) is 0 Å². The van der Waals surface area contributed by atoms with Gasteiger partial charge in [0, 0.05) is 31.3 Å². The van der Waals surface area contributed by atoms with Gasteiger partial charge in [-0.2, -0.15) is 0 Å². The second kappa shape index (κ2) is 7.22. The van der Waals surface area contributed by atoms with E-state index < -0.39 is 6.10 Å². The Labute approximate surface area is 111 Å². The van der Waals surface area contributed by atoms with E-state index in [9.17, 15) is 14.7 Å². The topological polar surface area (TPSA) is 96.3 Å². The molecule has 0 fully saturated rings. The molecule has 0 saturated heterocycles. The first kappa shape index (κ1) is 15.6. The predicted octanol–water partition coefficient (Wildman–Crippen LogP) is -1.25. The van der Waals surface area contributed by atoms with E-state index in [0.717, 1.165) is 4.68 Å². The van der Waals surface area contributed by atoms with Crippen molar-refractivity contribution in [3.63, 3.8) is 0 Å². The van der Waals surface area contributed by atoms with Crippen LogP contribution in [0.3, 0.4) is 0 Å². The van der Waals surface area contributed by atoms with Crippen molar-refractivity contribution in [3.8, 4) is 0 Å². The smallest absolute Gasteiger partial charge is 0.268 e. The van der Waals surface area contributed by atoms with Gasteiger partial charge < -0.3 is 15.2 Å². The highest BCUT2D eigenvalue weighted by molar-refractivity contribution is 5.17. The third kappa shape index (κ3) is 4.30. The summed E-state index contributed by atoms with van der Waals surface area (Å²) >= 11 is 0. The summed E-state index contributed by atoms with van der Waals surface area (Å²) < 4.78 is 6.00. The van der Waals surface area contributed by atoms with Crippen molar-refractivity contribution in [3.05, 3.63) is 31.8 Å². The first-order valence-corrected chi connectivity index (χ1v) is 6.15. The molecule has 3 N–H and O–H groups in total. The number of aliphatic hydroxyl groups excluding tert-OH is 1. The molecule has 0 aromatic carbocycles. The maximum atomic E-state index is 11.9. The van der Waals surface area contributed by atoms with E-state index in [2.05, 4.69) is 10.4 Å². The number of rotatable bonds is 7. The fourth-order valence-electron chi connectivity index (χ4n) is 1.64. The molecule has 0 saturated carbocycles. The SMILES string of the molecule is COCCNCC(O)Cn1[nH]c(=O)c(C)c(C)c1=O. The second-order valence-corrected chi connectivity index (χ2v) is 4.46. The van der Waals surface area contributed by atoms with E-state index in [4.69, 9.17) is 4.74 Å². The van der Waals surface area contributed by atoms with E-state index in [-0.39, 0.29) is 17.7 Å². The highest BCUT2D eigenvalue weighted by Gasteiger charge is 2.10. The van der Waals surface area contributed by atoms with Crippen molar-refractivity contribution in [1.82, 2.24) is 15.1 Å². The van der Waals surface area contributed by atoms with E-state index in [1.807, 2.05) is 0 Å². The number of nitrogens with zero attached hydrogens (tertiary/aromatic N) is 1. The van der Waals surface area contributed by atoms with Crippen LogP contribution < -0.4 is 16.4 Å². The summed E-state index contributed by atoms with van der Waals surface area (Å²) in [5.41, 5.74) is 0.224. The summed E-state index contributed by atoms with van der Waals surface area (Å²) in [6.45, 7) is 4.74. The first-order chi connectivity index (χ1) is 8.97. The van der Waals surface area contributed by atoms with Crippen molar-refractivity contribution in [2.75, 3.05) is 26.8 Å². The Morgan fingerprint density at radius 2 is 2.05 bits per heavy atom. The van der Waals surface area contributed by atoms with E-state index >= 15 is 0 Å².